The van der Waals surface area contributed by atoms with Crippen LogP contribution >= 0.6 is 0 Å². The fraction of sp³-hybridized carbons (Fsp3) is 0.556. The molecule has 1 aromatic carbocycles. The van der Waals surface area contributed by atoms with Crippen molar-refractivity contribution in [1.82, 2.24) is 19.6 Å². The third-order valence-corrected chi connectivity index (χ3v) is 4.87. The Morgan fingerprint density at radius 3 is 2.29 bits per heavy atom. The molecule has 6 nitrogen and oxygen atoms in total. The van der Waals surface area contributed by atoms with Gasteiger partial charge < -0.3 is 9.80 Å². The minimum absolute atomic E-state index is 0.0988. The average Bonchev–Trinajstić information content (AvgIpc) is 2.60. The van der Waals surface area contributed by atoms with Gasteiger partial charge in [-0.2, -0.15) is 0 Å². The lowest BCUT2D eigenvalue weighted by atomic mass is 10.2. The summed E-state index contributed by atoms with van der Waals surface area (Å²) in [6.45, 7) is 6.49. The van der Waals surface area contributed by atoms with Crippen molar-refractivity contribution >= 4 is 11.8 Å². The molecule has 0 saturated carbocycles. The molecule has 2 aliphatic heterocycles. The van der Waals surface area contributed by atoms with E-state index in [4.69, 9.17) is 0 Å². The molecule has 2 heterocycles. The molecule has 2 fully saturated rings. The van der Waals surface area contributed by atoms with Gasteiger partial charge in [-0.15, -0.1) is 0 Å². The van der Waals surface area contributed by atoms with Gasteiger partial charge in [0.05, 0.1) is 13.1 Å². The lowest BCUT2D eigenvalue weighted by molar-refractivity contribution is -0.139. The van der Waals surface area contributed by atoms with Crippen LogP contribution in [0.4, 0.5) is 0 Å². The average molecular weight is 330 g/mol. The van der Waals surface area contributed by atoms with Crippen molar-refractivity contribution < 1.29 is 9.59 Å². The van der Waals surface area contributed by atoms with Crippen LogP contribution in [0.3, 0.4) is 0 Å². The zero-order chi connectivity index (χ0) is 16.9. The van der Waals surface area contributed by atoms with Gasteiger partial charge in [-0.25, -0.2) is 0 Å². The van der Waals surface area contributed by atoms with E-state index in [9.17, 15) is 9.59 Å². The Balaban J connectivity index is 1.43. The van der Waals surface area contributed by atoms with E-state index in [1.54, 1.807) is 4.90 Å². The van der Waals surface area contributed by atoms with Crippen LogP contribution in [0.2, 0.25) is 0 Å². The summed E-state index contributed by atoms with van der Waals surface area (Å²) >= 11 is 0. The number of nitrogens with zero attached hydrogens (tertiary/aromatic N) is 4. The molecule has 2 amide bonds. The molecule has 1 aromatic rings. The zero-order valence-corrected chi connectivity index (χ0v) is 14.4. The smallest absolute Gasteiger partial charge is 0.236 e. The van der Waals surface area contributed by atoms with Crippen molar-refractivity contribution in [2.24, 2.45) is 0 Å². The number of rotatable bonds is 4. The van der Waals surface area contributed by atoms with Gasteiger partial charge >= 0.3 is 0 Å². The van der Waals surface area contributed by atoms with E-state index >= 15 is 0 Å². The number of hydrogen-bond donors (Lipinski definition) is 0. The first-order chi connectivity index (χ1) is 11.6. The van der Waals surface area contributed by atoms with Crippen molar-refractivity contribution in [1.29, 1.82) is 0 Å². The Bertz CT molecular complexity index is 570. The fourth-order valence-electron chi connectivity index (χ4n) is 3.23. The number of carbonyl (C=O) groups is 2. The molecular weight excluding hydrogens is 304 g/mol. The van der Waals surface area contributed by atoms with Gasteiger partial charge in [0, 0.05) is 52.9 Å². The molecule has 24 heavy (non-hydrogen) atoms. The number of benzene rings is 1. The molecule has 2 saturated heterocycles. The number of carbonyl (C=O) groups excluding carboxylic acids is 2. The fourth-order valence-corrected chi connectivity index (χ4v) is 3.23. The number of piperazine rings is 2. The van der Waals surface area contributed by atoms with Gasteiger partial charge in [-0.05, 0) is 5.56 Å². The van der Waals surface area contributed by atoms with Crippen molar-refractivity contribution in [3.8, 4) is 0 Å². The van der Waals surface area contributed by atoms with E-state index in [1.807, 2.05) is 22.9 Å². The minimum Gasteiger partial charge on any atom is -0.343 e. The van der Waals surface area contributed by atoms with Crippen molar-refractivity contribution in [3.05, 3.63) is 35.9 Å². The molecule has 2 aliphatic rings. The van der Waals surface area contributed by atoms with Gasteiger partial charge in [0.2, 0.25) is 11.8 Å². The molecule has 0 aliphatic carbocycles. The number of likely N-dealkylation sites (N-methyl/N-ethyl adjacent to an activating group) is 1. The van der Waals surface area contributed by atoms with Crippen LogP contribution in [0, 0.1) is 0 Å². The maximum Gasteiger partial charge on any atom is 0.236 e. The SMILES string of the molecule is CN1CCN(CC(=O)N2CCN(Cc3ccccc3)CC2)CC1=O. The molecule has 0 atom stereocenters. The van der Waals surface area contributed by atoms with E-state index in [0.717, 1.165) is 39.3 Å². The highest BCUT2D eigenvalue weighted by atomic mass is 16.2. The summed E-state index contributed by atoms with van der Waals surface area (Å²) in [6.07, 6.45) is 0. The van der Waals surface area contributed by atoms with E-state index in [0.29, 0.717) is 19.6 Å². The van der Waals surface area contributed by atoms with Gasteiger partial charge in [0.1, 0.15) is 0 Å². The first-order valence-corrected chi connectivity index (χ1v) is 8.62. The lowest BCUT2D eigenvalue weighted by Gasteiger charge is -2.37. The van der Waals surface area contributed by atoms with E-state index in [1.165, 1.54) is 5.56 Å². The predicted octanol–water partition coefficient (Wildman–Crippen LogP) is 0.105. The summed E-state index contributed by atoms with van der Waals surface area (Å²) in [7, 11) is 1.81. The van der Waals surface area contributed by atoms with Crippen LogP contribution in [0.15, 0.2) is 30.3 Å². The Morgan fingerprint density at radius 1 is 0.958 bits per heavy atom. The van der Waals surface area contributed by atoms with E-state index in [-0.39, 0.29) is 11.8 Å². The van der Waals surface area contributed by atoms with Crippen LogP contribution in [-0.4, -0.2) is 90.8 Å². The molecule has 3 rings (SSSR count). The normalized spacial score (nSPS) is 20.5. The first-order valence-electron chi connectivity index (χ1n) is 8.62. The number of hydrogen-bond acceptors (Lipinski definition) is 4. The quantitative estimate of drug-likeness (QED) is 0.786. The largest absolute Gasteiger partial charge is 0.343 e. The minimum atomic E-state index is 0.0988. The molecule has 0 aromatic heterocycles. The third-order valence-electron chi connectivity index (χ3n) is 4.87. The summed E-state index contributed by atoms with van der Waals surface area (Å²) in [6, 6.07) is 10.4. The van der Waals surface area contributed by atoms with Gasteiger partial charge in [-0.3, -0.25) is 19.4 Å². The maximum atomic E-state index is 12.5. The Labute approximate surface area is 143 Å². The monoisotopic (exact) mass is 330 g/mol. The van der Waals surface area contributed by atoms with Crippen LogP contribution in [-0.2, 0) is 16.1 Å². The highest BCUT2D eigenvalue weighted by molar-refractivity contribution is 5.81. The Kier molecular flexibility index (Phi) is 5.48. The summed E-state index contributed by atoms with van der Waals surface area (Å²) in [5.74, 6) is 0.244. The Hall–Kier alpha value is -1.92. The van der Waals surface area contributed by atoms with Crippen molar-refractivity contribution in [3.63, 3.8) is 0 Å². The van der Waals surface area contributed by atoms with Crippen molar-refractivity contribution in [2.75, 3.05) is 59.4 Å². The second-order valence-electron chi connectivity index (χ2n) is 6.67. The van der Waals surface area contributed by atoms with E-state index < -0.39 is 0 Å². The van der Waals surface area contributed by atoms with Crippen LogP contribution in [0.25, 0.3) is 0 Å². The summed E-state index contributed by atoms with van der Waals surface area (Å²) in [5, 5.41) is 0. The standard InChI is InChI=1S/C18H26N4O2/c1-19-7-8-21(14-17(19)23)15-18(24)22-11-9-20(10-12-22)13-16-5-3-2-4-6-16/h2-6H,7-15H2,1H3. The molecule has 0 bridgehead atoms. The summed E-state index contributed by atoms with van der Waals surface area (Å²) < 4.78 is 0. The molecule has 0 radical (unpaired) electrons. The Morgan fingerprint density at radius 2 is 1.62 bits per heavy atom. The predicted molar refractivity (Wildman–Crippen MR) is 92.4 cm³/mol. The molecule has 6 heteroatoms. The van der Waals surface area contributed by atoms with Gasteiger partial charge in [-0.1, -0.05) is 30.3 Å². The topological polar surface area (TPSA) is 47.1 Å². The third kappa shape index (κ3) is 4.33. The van der Waals surface area contributed by atoms with Crippen LogP contribution < -0.4 is 0 Å². The highest BCUT2D eigenvalue weighted by Gasteiger charge is 2.26. The van der Waals surface area contributed by atoms with Crippen LogP contribution in [0.5, 0.6) is 0 Å². The zero-order valence-electron chi connectivity index (χ0n) is 14.4. The van der Waals surface area contributed by atoms with E-state index in [2.05, 4.69) is 29.2 Å². The first kappa shape index (κ1) is 16.9. The second kappa shape index (κ2) is 7.77. The van der Waals surface area contributed by atoms with Gasteiger partial charge in [0.15, 0.2) is 0 Å². The highest BCUT2D eigenvalue weighted by Crippen LogP contribution is 2.09. The maximum absolute atomic E-state index is 12.5. The molecule has 130 valence electrons. The van der Waals surface area contributed by atoms with Crippen LogP contribution in [0.1, 0.15) is 5.56 Å². The second-order valence-corrected chi connectivity index (χ2v) is 6.67. The lowest BCUT2D eigenvalue weighted by Crippen LogP contribution is -2.54. The molecule has 0 unspecified atom stereocenters. The molecular formula is C18H26N4O2. The van der Waals surface area contributed by atoms with Crippen molar-refractivity contribution in [2.45, 2.75) is 6.54 Å². The molecule has 0 spiro atoms. The molecule has 0 N–H and O–H groups in total. The summed E-state index contributed by atoms with van der Waals surface area (Å²) in [5.41, 5.74) is 1.31. The van der Waals surface area contributed by atoms with Gasteiger partial charge in [0.25, 0.3) is 0 Å². The summed E-state index contributed by atoms with van der Waals surface area (Å²) in [4.78, 5) is 32.2. The number of amides is 2.